The molecule has 0 aromatic heterocycles. The van der Waals surface area contributed by atoms with Crippen molar-refractivity contribution < 1.29 is 9.72 Å². The lowest BCUT2D eigenvalue weighted by molar-refractivity contribution is -0.385. The van der Waals surface area contributed by atoms with Crippen LogP contribution in [0.2, 0.25) is 0 Å². The normalized spacial score (nSPS) is 9.68. The number of unbranched alkanes of at least 4 members (excludes halogenated alkanes) is 2. The average Bonchev–Trinajstić information content (AvgIpc) is 2.38. The van der Waals surface area contributed by atoms with Crippen LogP contribution in [0.5, 0.6) is 0 Å². The fraction of sp³-hybridized carbons (Fsp3) is 0.308. The molecule has 0 fully saturated rings. The second-order valence-electron chi connectivity index (χ2n) is 3.81. The Balaban J connectivity index is 2.65. The van der Waals surface area contributed by atoms with Crippen LogP contribution in [0.15, 0.2) is 22.7 Å². The predicted octanol–water partition coefficient (Wildman–Crippen LogP) is 2.89. The maximum absolute atomic E-state index is 11.9. The van der Waals surface area contributed by atoms with E-state index in [1.54, 1.807) is 0 Å². The fourth-order valence-corrected chi connectivity index (χ4v) is 2.07. The molecule has 0 saturated carbocycles. The third kappa shape index (κ3) is 4.38. The number of nitrogens with one attached hydrogen (secondary N) is 1. The molecule has 0 unspecified atom stereocenters. The molecule has 1 N–H and O–H groups in total. The summed E-state index contributed by atoms with van der Waals surface area (Å²) >= 11 is 3.09. The molecule has 0 saturated heterocycles. The summed E-state index contributed by atoms with van der Waals surface area (Å²) in [7, 11) is 0. The molecule has 19 heavy (non-hydrogen) atoms. The van der Waals surface area contributed by atoms with Crippen LogP contribution >= 0.6 is 15.9 Å². The summed E-state index contributed by atoms with van der Waals surface area (Å²) in [6.45, 7) is 0.496. The van der Waals surface area contributed by atoms with Crippen molar-refractivity contribution in [1.29, 1.82) is 0 Å². The molecular formula is C13H13BrN2O3. The lowest BCUT2D eigenvalue weighted by Crippen LogP contribution is -2.24. The van der Waals surface area contributed by atoms with Crippen LogP contribution in [-0.4, -0.2) is 17.4 Å². The molecule has 1 rings (SSSR count). The number of hydrogen-bond donors (Lipinski definition) is 1. The highest BCUT2D eigenvalue weighted by Crippen LogP contribution is 2.28. The maximum Gasteiger partial charge on any atom is 0.284 e. The number of nitro groups is 1. The van der Waals surface area contributed by atoms with Crippen molar-refractivity contribution in [2.24, 2.45) is 0 Å². The minimum absolute atomic E-state index is 0.125. The van der Waals surface area contributed by atoms with Gasteiger partial charge < -0.3 is 5.32 Å². The zero-order valence-corrected chi connectivity index (χ0v) is 11.8. The SMILES string of the molecule is C#CCCCCNC(=O)c1cccc([N+](=O)[O-])c1Br. The number of carbonyl (C=O) groups excluding carboxylic acids is 1. The highest BCUT2D eigenvalue weighted by atomic mass is 79.9. The van der Waals surface area contributed by atoms with Gasteiger partial charge in [0.05, 0.1) is 10.5 Å². The van der Waals surface area contributed by atoms with Gasteiger partial charge in [-0.2, -0.15) is 0 Å². The van der Waals surface area contributed by atoms with E-state index < -0.39 is 4.92 Å². The molecule has 0 aliphatic heterocycles. The smallest absolute Gasteiger partial charge is 0.284 e. The molecule has 0 heterocycles. The quantitative estimate of drug-likeness (QED) is 0.378. The molecule has 1 aromatic rings. The van der Waals surface area contributed by atoms with E-state index in [-0.39, 0.29) is 21.6 Å². The van der Waals surface area contributed by atoms with Crippen molar-refractivity contribution in [2.75, 3.05) is 6.54 Å². The number of halogens is 1. The summed E-state index contributed by atoms with van der Waals surface area (Å²) in [5.74, 6) is 2.18. The van der Waals surface area contributed by atoms with Gasteiger partial charge in [0.15, 0.2) is 0 Å². The largest absolute Gasteiger partial charge is 0.352 e. The third-order valence-corrected chi connectivity index (χ3v) is 3.29. The zero-order valence-electron chi connectivity index (χ0n) is 10.2. The molecule has 1 amide bonds. The van der Waals surface area contributed by atoms with Crippen LogP contribution in [0, 0.1) is 22.5 Å². The van der Waals surface area contributed by atoms with Crippen LogP contribution in [0.25, 0.3) is 0 Å². The highest BCUT2D eigenvalue weighted by molar-refractivity contribution is 9.10. The summed E-state index contributed by atoms with van der Waals surface area (Å²) in [5, 5.41) is 13.5. The van der Waals surface area contributed by atoms with Crippen LogP contribution < -0.4 is 5.32 Å². The molecule has 0 spiro atoms. The van der Waals surface area contributed by atoms with Crippen molar-refractivity contribution >= 4 is 27.5 Å². The van der Waals surface area contributed by atoms with Crippen molar-refractivity contribution in [3.63, 3.8) is 0 Å². The minimum Gasteiger partial charge on any atom is -0.352 e. The van der Waals surface area contributed by atoms with Gasteiger partial charge in [-0.15, -0.1) is 12.3 Å². The van der Waals surface area contributed by atoms with E-state index in [1.165, 1.54) is 18.2 Å². The van der Waals surface area contributed by atoms with Crippen molar-refractivity contribution in [1.82, 2.24) is 5.32 Å². The van der Waals surface area contributed by atoms with E-state index in [9.17, 15) is 14.9 Å². The van der Waals surface area contributed by atoms with Crippen molar-refractivity contribution in [3.05, 3.63) is 38.3 Å². The van der Waals surface area contributed by atoms with Crippen LogP contribution in [0.3, 0.4) is 0 Å². The Morgan fingerprint density at radius 1 is 1.47 bits per heavy atom. The second kappa shape index (κ2) is 7.54. The molecule has 0 atom stereocenters. The molecule has 1 aromatic carbocycles. The summed E-state index contributed by atoms with van der Waals surface area (Å²) in [4.78, 5) is 22.1. The Hall–Kier alpha value is -1.87. The van der Waals surface area contributed by atoms with Gasteiger partial charge in [-0.25, -0.2) is 0 Å². The molecule has 5 nitrogen and oxygen atoms in total. The standard InChI is InChI=1S/C13H13BrN2O3/c1-2-3-4-5-9-15-13(17)10-7-6-8-11(12(10)14)16(18)19/h1,6-8H,3-5,9H2,(H,15,17). The number of amides is 1. The van der Waals surface area contributed by atoms with Gasteiger partial charge in [-0.1, -0.05) is 6.07 Å². The molecule has 0 aliphatic carbocycles. The first-order chi connectivity index (χ1) is 9.07. The Morgan fingerprint density at radius 3 is 2.84 bits per heavy atom. The van der Waals surface area contributed by atoms with Crippen LogP contribution in [0.4, 0.5) is 5.69 Å². The summed E-state index contributed by atoms with van der Waals surface area (Å²) < 4.78 is 0.195. The molecule has 0 radical (unpaired) electrons. The lowest BCUT2D eigenvalue weighted by atomic mass is 10.2. The minimum atomic E-state index is -0.534. The van der Waals surface area contributed by atoms with Gasteiger partial charge >= 0.3 is 0 Å². The summed E-state index contributed by atoms with van der Waals surface area (Å²) in [6.07, 6.45) is 7.42. The molecule has 0 aliphatic rings. The van der Waals surface area contributed by atoms with E-state index in [2.05, 4.69) is 27.2 Å². The fourth-order valence-electron chi connectivity index (χ4n) is 1.49. The van der Waals surface area contributed by atoms with E-state index in [0.29, 0.717) is 13.0 Å². The predicted molar refractivity (Wildman–Crippen MR) is 75.8 cm³/mol. The number of rotatable bonds is 6. The van der Waals surface area contributed by atoms with E-state index in [1.807, 2.05) is 0 Å². The van der Waals surface area contributed by atoms with Gasteiger partial charge in [-0.05, 0) is 34.8 Å². The van der Waals surface area contributed by atoms with Gasteiger partial charge in [0, 0.05) is 19.0 Å². The summed E-state index contributed by atoms with van der Waals surface area (Å²) in [5.41, 5.74) is 0.131. The van der Waals surface area contributed by atoms with E-state index >= 15 is 0 Å². The topological polar surface area (TPSA) is 72.2 Å². The number of terminal acetylenes is 1. The zero-order chi connectivity index (χ0) is 14.3. The first-order valence-corrected chi connectivity index (χ1v) is 6.51. The molecular weight excluding hydrogens is 312 g/mol. The Labute approximate surface area is 119 Å². The number of nitrogens with zero attached hydrogens (tertiary/aromatic N) is 1. The van der Waals surface area contributed by atoms with E-state index in [0.717, 1.165) is 12.8 Å². The number of carbonyl (C=O) groups is 1. The van der Waals surface area contributed by atoms with Crippen molar-refractivity contribution in [2.45, 2.75) is 19.3 Å². The van der Waals surface area contributed by atoms with E-state index in [4.69, 9.17) is 6.42 Å². The highest BCUT2D eigenvalue weighted by Gasteiger charge is 2.18. The number of hydrogen-bond acceptors (Lipinski definition) is 3. The third-order valence-electron chi connectivity index (χ3n) is 2.45. The van der Waals surface area contributed by atoms with Crippen molar-refractivity contribution in [3.8, 4) is 12.3 Å². The lowest BCUT2D eigenvalue weighted by Gasteiger charge is -2.06. The second-order valence-corrected chi connectivity index (χ2v) is 4.61. The van der Waals surface area contributed by atoms with Gasteiger partial charge in [0.25, 0.3) is 11.6 Å². The molecule has 6 heteroatoms. The number of nitro benzene ring substituents is 1. The Bertz CT molecular complexity index is 523. The molecule has 0 bridgehead atoms. The number of benzene rings is 1. The van der Waals surface area contributed by atoms with Crippen LogP contribution in [-0.2, 0) is 0 Å². The maximum atomic E-state index is 11.9. The first kappa shape index (κ1) is 15.2. The first-order valence-electron chi connectivity index (χ1n) is 5.72. The van der Waals surface area contributed by atoms with Gasteiger partial charge in [0.2, 0.25) is 0 Å². The monoisotopic (exact) mass is 324 g/mol. The van der Waals surface area contributed by atoms with Gasteiger partial charge in [0.1, 0.15) is 4.47 Å². The van der Waals surface area contributed by atoms with Gasteiger partial charge in [-0.3, -0.25) is 14.9 Å². The average molecular weight is 325 g/mol. The Kier molecular flexibility index (Phi) is 6.03. The summed E-state index contributed by atoms with van der Waals surface area (Å²) in [6, 6.07) is 4.36. The van der Waals surface area contributed by atoms with Crippen LogP contribution in [0.1, 0.15) is 29.6 Å². The Morgan fingerprint density at radius 2 is 2.21 bits per heavy atom. The molecule has 100 valence electrons.